The average molecular weight is 318 g/mol. The van der Waals surface area contributed by atoms with Crippen LogP contribution in [0.3, 0.4) is 0 Å². The second-order valence-electron chi connectivity index (χ2n) is 5.39. The molecule has 1 amide bonds. The van der Waals surface area contributed by atoms with Gasteiger partial charge in [-0.05, 0) is 48.2 Å². The summed E-state index contributed by atoms with van der Waals surface area (Å²) in [6, 6.07) is 15.1. The van der Waals surface area contributed by atoms with Gasteiger partial charge in [0.1, 0.15) is 0 Å². The van der Waals surface area contributed by atoms with Crippen LogP contribution in [0.2, 0.25) is 5.02 Å². The van der Waals surface area contributed by atoms with E-state index in [0.717, 1.165) is 16.8 Å². The van der Waals surface area contributed by atoms with Crippen molar-refractivity contribution in [3.63, 3.8) is 0 Å². The molecule has 0 heterocycles. The SMILES string of the molecule is CC(Cc1cccc(Cl)c1)C(=O)Nc1ccc(CCO)cc1. The van der Waals surface area contributed by atoms with Crippen LogP contribution in [0.15, 0.2) is 48.5 Å². The Kier molecular flexibility index (Phi) is 5.99. The topological polar surface area (TPSA) is 49.3 Å². The lowest BCUT2D eigenvalue weighted by atomic mass is 10.0. The molecule has 0 spiro atoms. The van der Waals surface area contributed by atoms with Gasteiger partial charge >= 0.3 is 0 Å². The van der Waals surface area contributed by atoms with Gasteiger partial charge in [-0.25, -0.2) is 0 Å². The zero-order chi connectivity index (χ0) is 15.9. The van der Waals surface area contributed by atoms with E-state index in [1.807, 2.05) is 55.5 Å². The van der Waals surface area contributed by atoms with Crippen LogP contribution in [-0.2, 0) is 17.6 Å². The Bertz CT molecular complexity index is 625. The van der Waals surface area contributed by atoms with Crippen LogP contribution >= 0.6 is 11.6 Å². The quantitative estimate of drug-likeness (QED) is 0.853. The second-order valence-corrected chi connectivity index (χ2v) is 5.83. The molecule has 0 aliphatic carbocycles. The number of benzene rings is 2. The normalized spacial score (nSPS) is 12.0. The third kappa shape index (κ3) is 4.86. The van der Waals surface area contributed by atoms with Gasteiger partial charge in [0.15, 0.2) is 0 Å². The average Bonchev–Trinajstić information content (AvgIpc) is 2.49. The molecule has 0 fully saturated rings. The van der Waals surface area contributed by atoms with E-state index < -0.39 is 0 Å². The zero-order valence-electron chi connectivity index (χ0n) is 12.6. The predicted molar refractivity (Wildman–Crippen MR) is 90.2 cm³/mol. The number of anilines is 1. The van der Waals surface area contributed by atoms with E-state index in [9.17, 15) is 4.79 Å². The summed E-state index contributed by atoms with van der Waals surface area (Å²) in [7, 11) is 0. The number of hydrogen-bond donors (Lipinski definition) is 2. The molecule has 0 aromatic heterocycles. The van der Waals surface area contributed by atoms with Gasteiger partial charge in [-0.15, -0.1) is 0 Å². The van der Waals surface area contributed by atoms with Crippen LogP contribution < -0.4 is 5.32 Å². The molecule has 2 rings (SSSR count). The third-order valence-electron chi connectivity index (χ3n) is 3.50. The van der Waals surface area contributed by atoms with Crippen LogP contribution in [0.5, 0.6) is 0 Å². The molecular formula is C18H20ClNO2. The summed E-state index contributed by atoms with van der Waals surface area (Å²) in [4.78, 5) is 12.2. The summed E-state index contributed by atoms with van der Waals surface area (Å²) < 4.78 is 0. The first-order valence-electron chi connectivity index (χ1n) is 7.33. The molecule has 2 N–H and O–H groups in total. The van der Waals surface area contributed by atoms with Crippen molar-refractivity contribution < 1.29 is 9.90 Å². The lowest BCUT2D eigenvalue weighted by Crippen LogP contribution is -2.22. The van der Waals surface area contributed by atoms with Gasteiger partial charge in [-0.3, -0.25) is 4.79 Å². The Morgan fingerprint density at radius 1 is 1.18 bits per heavy atom. The molecule has 4 heteroatoms. The molecule has 0 radical (unpaired) electrons. The largest absolute Gasteiger partial charge is 0.396 e. The molecule has 1 atom stereocenters. The number of hydrogen-bond acceptors (Lipinski definition) is 2. The molecule has 1 unspecified atom stereocenters. The van der Waals surface area contributed by atoms with Crippen molar-refractivity contribution in [1.29, 1.82) is 0 Å². The highest BCUT2D eigenvalue weighted by molar-refractivity contribution is 6.30. The van der Waals surface area contributed by atoms with Crippen molar-refractivity contribution in [2.24, 2.45) is 5.92 Å². The third-order valence-corrected chi connectivity index (χ3v) is 3.74. The second kappa shape index (κ2) is 7.97. The lowest BCUT2D eigenvalue weighted by Gasteiger charge is -2.13. The van der Waals surface area contributed by atoms with Crippen molar-refractivity contribution in [2.45, 2.75) is 19.8 Å². The Labute approximate surface area is 135 Å². The first kappa shape index (κ1) is 16.5. The highest BCUT2D eigenvalue weighted by Crippen LogP contribution is 2.16. The Morgan fingerprint density at radius 2 is 1.91 bits per heavy atom. The first-order valence-corrected chi connectivity index (χ1v) is 7.71. The summed E-state index contributed by atoms with van der Waals surface area (Å²) in [6.07, 6.45) is 1.27. The predicted octanol–water partition coefficient (Wildman–Crippen LogP) is 3.69. The molecule has 0 saturated carbocycles. The molecular weight excluding hydrogens is 298 g/mol. The minimum absolute atomic E-state index is 0.0186. The summed E-state index contributed by atoms with van der Waals surface area (Å²) in [5, 5.41) is 12.5. The smallest absolute Gasteiger partial charge is 0.227 e. The Morgan fingerprint density at radius 3 is 2.55 bits per heavy atom. The molecule has 0 saturated heterocycles. The summed E-state index contributed by atoms with van der Waals surface area (Å²) in [5.74, 6) is -0.162. The van der Waals surface area contributed by atoms with E-state index in [4.69, 9.17) is 16.7 Å². The number of halogens is 1. The number of carbonyl (C=O) groups excluding carboxylic acids is 1. The fourth-order valence-electron chi connectivity index (χ4n) is 2.26. The number of aliphatic hydroxyl groups excluding tert-OH is 1. The number of carbonyl (C=O) groups is 1. The van der Waals surface area contributed by atoms with Crippen molar-refractivity contribution in [2.75, 3.05) is 11.9 Å². The highest BCUT2D eigenvalue weighted by Gasteiger charge is 2.14. The Balaban J connectivity index is 1.93. The minimum Gasteiger partial charge on any atom is -0.396 e. The summed E-state index contributed by atoms with van der Waals surface area (Å²) in [6.45, 7) is 2.03. The van der Waals surface area contributed by atoms with E-state index in [0.29, 0.717) is 17.9 Å². The molecule has 116 valence electrons. The monoisotopic (exact) mass is 317 g/mol. The number of nitrogens with one attached hydrogen (secondary N) is 1. The fraction of sp³-hybridized carbons (Fsp3) is 0.278. The maximum Gasteiger partial charge on any atom is 0.227 e. The first-order chi connectivity index (χ1) is 10.6. The fourth-order valence-corrected chi connectivity index (χ4v) is 2.47. The van der Waals surface area contributed by atoms with Crippen LogP contribution in [-0.4, -0.2) is 17.6 Å². The van der Waals surface area contributed by atoms with Crippen molar-refractivity contribution in [3.8, 4) is 0 Å². The molecule has 0 aliphatic rings. The van der Waals surface area contributed by atoms with Crippen LogP contribution in [0.4, 0.5) is 5.69 Å². The van der Waals surface area contributed by atoms with E-state index in [2.05, 4.69) is 5.32 Å². The van der Waals surface area contributed by atoms with Gasteiger partial charge in [0.05, 0.1) is 0 Å². The lowest BCUT2D eigenvalue weighted by molar-refractivity contribution is -0.119. The van der Waals surface area contributed by atoms with Crippen LogP contribution in [0, 0.1) is 5.92 Å². The van der Waals surface area contributed by atoms with Gasteiger partial charge in [-0.2, -0.15) is 0 Å². The maximum atomic E-state index is 12.2. The van der Waals surface area contributed by atoms with Gasteiger partial charge in [-0.1, -0.05) is 42.8 Å². The van der Waals surface area contributed by atoms with Crippen molar-refractivity contribution >= 4 is 23.2 Å². The van der Waals surface area contributed by atoms with Gasteiger partial charge < -0.3 is 10.4 Å². The van der Waals surface area contributed by atoms with Crippen LogP contribution in [0.25, 0.3) is 0 Å². The molecule has 0 bridgehead atoms. The van der Waals surface area contributed by atoms with Crippen molar-refractivity contribution in [1.82, 2.24) is 0 Å². The summed E-state index contributed by atoms with van der Waals surface area (Å²) in [5.41, 5.74) is 2.87. The minimum atomic E-state index is -0.143. The summed E-state index contributed by atoms with van der Waals surface area (Å²) >= 11 is 5.96. The molecule has 3 nitrogen and oxygen atoms in total. The van der Waals surface area contributed by atoms with Gasteiger partial charge in [0.2, 0.25) is 5.91 Å². The number of rotatable bonds is 6. The van der Waals surface area contributed by atoms with E-state index >= 15 is 0 Å². The van der Waals surface area contributed by atoms with Crippen molar-refractivity contribution in [3.05, 3.63) is 64.7 Å². The number of aliphatic hydroxyl groups is 1. The Hall–Kier alpha value is -1.84. The molecule has 22 heavy (non-hydrogen) atoms. The molecule has 2 aromatic carbocycles. The van der Waals surface area contributed by atoms with E-state index in [1.54, 1.807) is 0 Å². The zero-order valence-corrected chi connectivity index (χ0v) is 13.3. The van der Waals surface area contributed by atoms with E-state index in [1.165, 1.54) is 0 Å². The standard InChI is InChI=1S/C18H20ClNO2/c1-13(11-15-3-2-4-16(19)12-15)18(22)20-17-7-5-14(6-8-17)9-10-21/h2-8,12-13,21H,9-11H2,1H3,(H,20,22). The molecule has 0 aliphatic heterocycles. The van der Waals surface area contributed by atoms with Crippen LogP contribution in [0.1, 0.15) is 18.1 Å². The highest BCUT2D eigenvalue weighted by atomic mass is 35.5. The van der Waals surface area contributed by atoms with Gasteiger partial charge in [0, 0.05) is 23.2 Å². The molecule has 2 aromatic rings. The van der Waals surface area contributed by atoms with E-state index in [-0.39, 0.29) is 18.4 Å². The van der Waals surface area contributed by atoms with Gasteiger partial charge in [0.25, 0.3) is 0 Å². The number of amides is 1. The maximum absolute atomic E-state index is 12.2.